The van der Waals surface area contributed by atoms with Crippen LogP contribution in [0.3, 0.4) is 0 Å². The lowest BCUT2D eigenvalue weighted by Crippen LogP contribution is -2.44. The molecule has 1 aliphatic carbocycles. The van der Waals surface area contributed by atoms with Gasteiger partial charge in [0.1, 0.15) is 5.75 Å². The lowest BCUT2D eigenvalue weighted by Gasteiger charge is -2.30. The summed E-state index contributed by atoms with van der Waals surface area (Å²) in [5, 5.41) is 3.21. The molecular formula is C19H30N2O2. The minimum Gasteiger partial charge on any atom is -0.496 e. The number of hydrogen-bond donors (Lipinski definition) is 1. The SMILES string of the molecule is COc1ccc(C)cc1CN(C)CC(=O)N[C@@H]1CCCC[C@@H]1C. The Morgan fingerprint density at radius 3 is 2.78 bits per heavy atom. The average molecular weight is 318 g/mol. The number of rotatable bonds is 6. The van der Waals surface area contributed by atoms with E-state index < -0.39 is 0 Å². The average Bonchev–Trinajstić information content (AvgIpc) is 2.49. The topological polar surface area (TPSA) is 41.6 Å². The molecule has 23 heavy (non-hydrogen) atoms. The van der Waals surface area contributed by atoms with Crippen LogP contribution in [-0.2, 0) is 11.3 Å². The molecule has 1 fully saturated rings. The van der Waals surface area contributed by atoms with E-state index in [4.69, 9.17) is 4.74 Å². The lowest BCUT2D eigenvalue weighted by molar-refractivity contribution is -0.123. The van der Waals surface area contributed by atoms with E-state index in [1.54, 1.807) is 7.11 Å². The lowest BCUT2D eigenvalue weighted by atomic mass is 9.86. The Hall–Kier alpha value is -1.55. The highest BCUT2D eigenvalue weighted by atomic mass is 16.5. The van der Waals surface area contributed by atoms with E-state index in [0.29, 0.717) is 25.0 Å². The van der Waals surface area contributed by atoms with E-state index in [-0.39, 0.29) is 5.91 Å². The molecule has 1 aromatic carbocycles. The first-order valence-corrected chi connectivity index (χ1v) is 8.61. The summed E-state index contributed by atoms with van der Waals surface area (Å²) in [6.07, 6.45) is 4.86. The van der Waals surface area contributed by atoms with Crippen molar-refractivity contribution < 1.29 is 9.53 Å². The number of nitrogens with one attached hydrogen (secondary N) is 1. The molecule has 0 bridgehead atoms. The second-order valence-corrected chi connectivity index (χ2v) is 6.92. The van der Waals surface area contributed by atoms with E-state index in [9.17, 15) is 4.79 Å². The largest absolute Gasteiger partial charge is 0.496 e. The van der Waals surface area contributed by atoms with Gasteiger partial charge >= 0.3 is 0 Å². The summed E-state index contributed by atoms with van der Waals surface area (Å²) in [6, 6.07) is 6.50. The molecular weight excluding hydrogens is 288 g/mol. The van der Waals surface area contributed by atoms with Crippen molar-refractivity contribution in [1.82, 2.24) is 10.2 Å². The Labute approximate surface area is 140 Å². The van der Waals surface area contributed by atoms with Crippen molar-refractivity contribution in [2.75, 3.05) is 20.7 Å². The van der Waals surface area contributed by atoms with Gasteiger partial charge in [0.15, 0.2) is 0 Å². The van der Waals surface area contributed by atoms with Crippen LogP contribution in [0, 0.1) is 12.8 Å². The molecule has 0 heterocycles. The maximum atomic E-state index is 12.3. The number of amides is 1. The number of nitrogens with zero attached hydrogens (tertiary/aromatic N) is 1. The first kappa shape index (κ1) is 17.8. The van der Waals surface area contributed by atoms with Crippen LogP contribution in [0.15, 0.2) is 18.2 Å². The Kier molecular flexibility index (Phi) is 6.46. The molecule has 0 spiro atoms. The quantitative estimate of drug-likeness (QED) is 0.876. The van der Waals surface area contributed by atoms with Gasteiger partial charge in [0.25, 0.3) is 0 Å². The smallest absolute Gasteiger partial charge is 0.234 e. The number of carbonyl (C=O) groups excluding carboxylic acids is 1. The van der Waals surface area contributed by atoms with Gasteiger partial charge in [-0.2, -0.15) is 0 Å². The minimum absolute atomic E-state index is 0.123. The molecule has 1 aromatic rings. The fourth-order valence-electron chi connectivity index (χ4n) is 3.41. The highest BCUT2D eigenvalue weighted by molar-refractivity contribution is 5.78. The Balaban J connectivity index is 1.87. The Bertz CT molecular complexity index is 530. The van der Waals surface area contributed by atoms with Crippen LogP contribution in [0.1, 0.15) is 43.7 Å². The van der Waals surface area contributed by atoms with Crippen LogP contribution < -0.4 is 10.1 Å². The molecule has 0 unspecified atom stereocenters. The van der Waals surface area contributed by atoms with Gasteiger partial charge < -0.3 is 10.1 Å². The number of benzene rings is 1. The van der Waals surface area contributed by atoms with Gasteiger partial charge in [0, 0.05) is 18.2 Å². The van der Waals surface area contributed by atoms with E-state index in [0.717, 1.165) is 17.7 Å². The maximum absolute atomic E-state index is 12.3. The normalized spacial score (nSPS) is 21.3. The van der Waals surface area contributed by atoms with Crippen LogP contribution >= 0.6 is 0 Å². The zero-order valence-corrected chi connectivity index (χ0v) is 14.9. The molecule has 1 amide bonds. The minimum atomic E-state index is 0.123. The molecule has 0 aromatic heterocycles. The van der Waals surface area contributed by atoms with Gasteiger partial charge in [-0.1, -0.05) is 37.5 Å². The first-order valence-electron chi connectivity index (χ1n) is 8.61. The molecule has 1 saturated carbocycles. The summed E-state index contributed by atoms with van der Waals surface area (Å²) < 4.78 is 5.41. The zero-order chi connectivity index (χ0) is 16.8. The third-order valence-corrected chi connectivity index (χ3v) is 4.75. The van der Waals surface area contributed by atoms with Crippen LogP contribution in [0.5, 0.6) is 5.75 Å². The number of carbonyl (C=O) groups is 1. The molecule has 2 rings (SSSR count). The van der Waals surface area contributed by atoms with Gasteiger partial charge in [-0.3, -0.25) is 9.69 Å². The van der Waals surface area contributed by atoms with Crippen LogP contribution in [-0.4, -0.2) is 37.6 Å². The summed E-state index contributed by atoms with van der Waals surface area (Å²) in [5.41, 5.74) is 2.32. The maximum Gasteiger partial charge on any atom is 0.234 e. The standard InChI is InChI=1S/C19H30N2O2/c1-14-9-10-18(23-4)16(11-14)12-21(3)13-19(22)20-17-8-6-5-7-15(17)2/h9-11,15,17H,5-8,12-13H2,1-4H3,(H,20,22)/t15-,17+/m0/s1. The van der Waals surface area contributed by atoms with E-state index in [1.165, 1.54) is 24.8 Å². The molecule has 1 N–H and O–H groups in total. The highest BCUT2D eigenvalue weighted by Gasteiger charge is 2.23. The van der Waals surface area contributed by atoms with Crippen molar-refractivity contribution in [3.63, 3.8) is 0 Å². The van der Waals surface area contributed by atoms with Crippen LogP contribution in [0.2, 0.25) is 0 Å². The fraction of sp³-hybridized carbons (Fsp3) is 0.632. The summed E-state index contributed by atoms with van der Waals surface area (Å²) >= 11 is 0. The van der Waals surface area contributed by atoms with E-state index >= 15 is 0 Å². The molecule has 1 aliphatic rings. The van der Waals surface area contributed by atoms with Crippen molar-refractivity contribution in [2.45, 2.75) is 52.1 Å². The monoisotopic (exact) mass is 318 g/mol. The number of hydrogen-bond acceptors (Lipinski definition) is 3. The molecule has 2 atom stereocenters. The Morgan fingerprint density at radius 1 is 1.35 bits per heavy atom. The fourth-order valence-corrected chi connectivity index (χ4v) is 3.41. The van der Waals surface area contributed by atoms with Crippen LogP contribution in [0.4, 0.5) is 0 Å². The number of likely N-dealkylation sites (N-methyl/N-ethyl adjacent to an activating group) is 1. The molecule has 4 nitrogen and oxygen atoms in total. The summed E-state index contributed by atoms with van der Waals surface area (Å²) in [6.45, 7) is 5.43. The number of aryl methyl sites for hydroxylation is 1. The van der Waals surface area contributed by atoms with Crippen molar-refractivity contribution in [3.05, 3.63) is 29.3 Å². The molecule has 0 saturated heterocycles. The summed E-state index contributed by atoms with van der Waals surface area (Å²) in [7, 11) is 3.66. The third-order valence-electron chi connectivity index (χ3n) is 4.75. The molecule has 128 valence electrons. The molecule has 0 aliphatic heterocycles. The summed E-state index contributed by atoms with van der Waals surface area (Å²) in [4.78, 5) is 14.3. The van der Waals surface area contributed by atoms with Crippen molar-refractivity contribution >= 4 is 5.91 Å². The van der Waals surface area contributed by atoms with Crippen LogP contribution in [0.25, 0.3) is 0 Å². The zero-order valence-electron chi connectivity index (χ0n) is 14.9. The van der Waals surface area contributed by atoms with Gasteiger partial charge in [0.05, 0.1) is 13.7 Å². The second-order valence-electron chi connectivity index (χ2n) is 6.92. The van der Waals surface area contributed by atoms with Gasteiger partial charge in [-0.25, -0.2) is 0 Å². The summed E-state index contributed by atoms with van der Waals surface area (Å²) in [5.74, 6) is 1.59. The van der Waals surface area contributed by atoms with E-state index in [2.05, 4.69) is 25.2 Å². The number of ether oxygens (including phenoxy) is 1. The van der Waals surface area contributed by atoms with Crippen molar-refractivity contribution in [3.8, 4) is 5.75 Å². The van der Waals surface area contributed by atoms with E-state index in [1.807, 2.05) is 24.1 Å². The van der Waals surface area contributed by atoms with Gasteiger partial charge in [-0.15, -0.1) is 0 Å². The van der Waals surface area contributed by atoms with Crippen molar-refractivity contribution in [2.24, 2.45) is 5.92 Å². The van der Waals surface area contributed by atoms with Crippen molar-refractivity contribution in [1.29, 1.82) is 0 Å². The third kappa shape index (κ3) is 5.24. The molecule has 4 heteroatoms. The number of methoxy groups -OCH3 is 1. The predicted molar refractivity (Wildman–Crippen MR) is 93.6 cm³/mol. The first-order chi connectivity index (χ1) is 11.0. The Morgan fingerprint density at radius 2 is 2.09 bits per heavy atom. The van der Waals surface area contributed by atoms with Gasteiger partial charge in [0.2, 0.25) is 5.91 Å². The van der Waals surface area contributed by atoms with Gasteiger partial charge in [-0.05, 0) is 38.8 Å². The second kappa shape index (κ2) is 8.34. The predicted octanol–water partition coefficient (Wildman–Crippen LogP) is 3.13. The molecule has 0 radical (unpaired) electrons. The highest BCUT2D eigenvalue weighted by Crippen LogP contribution is 2.24.